The first-order valence-corrected chi connectivity index (χ1v) is 15.1. The zero-order valence-corrected chi connectivity index (χ0v) is 30.9. The molecule has 0 aromatic heterocycles. The van der Waals surface area contributed by atoms with Crippen LogP contribution in [0, 0.1) is 20.2 Å². The van der Waals surface area contributed by atoms with Gasteiger partial charge in [0.25, 0.3) is 11.4 Å². The average molecular weight is 775 g/mol. The van der Waals surface area contributed by atoms with E-state index in [0.717, 1.165) is 11.1 Å². The lowest BCUT2D eigenvalue weighted by atomic mass is 9.81. The summed E-state index contributed by atoms with van der Waals surface area (Å²) in [6, 6.07) is 30.0. The Hall–Kier alpha value is -4.54. The monoisotopic (exact) mass is 772 g/mol. The molecule has 4 aromatic carbocycles. The van der Waals surface area contributed by atoms with Crippen molar-refractivity contribution < 1.29 is 53.0 Å². The highest BCUT2D eigenvalue weighted by molar-refractivity contribution is 6.06. The second-order valence-corrected chi connectivity index (χ2v) is 12.5. The van der Waals surface area contributed by atoms with Crippen molar-refractivity contribution in [2.75, 3.05) is 14.1 Å². The second kappa shape index (κ2) is 15.1. The minimum Gasteiger partial charge on any atom is -1.00 e. The molecular weight excluding hydrogens is 736 g/mol. The summed E-state index contributed by atoms with van der Waals surface area (Å²) < 4.78 is 4.41. The Labute approximate surface area is 302 Å². The van der Waals surface area contributed by atoms with Crippen LogP contribution in [-0.2, 0) is 10.8 Å². The van der Waals surface area contributed by atoms with E-state index >= 15 is 0 Å². The Balaban J connectivity index is 0.000000250. The molecule has 0 bridgehead atoms. The molecule has 0 saturated carbocycles. The molecule has 10 heteroatoms. The molecule has 4 aromatic rings. The summed E-state index contributed by atoms with van der Waals surface area (Å²) in [6.45, 7) is 8.85. The lowest BCUT2D eigenvalue weighted by molar-refractivity contribution is -0.401. The Kier molecular flexibility index (Phi) is 11.9. The highest BCUT2D eigenvalue weighted by Gasteiger charge is 2.43. The van der Waals surface area contributed by atoms with Gasteiger partial charge in [-0.25, -0.2) is 0 Å². The van der Waals surface area contributed by atoms with E-state index in [-0.39, 0.29) is 66.0 Å². The van der Waals surface area contributed by atoms with Gasteiger partial charge in [-0.3, -0.25) is 20.2 Å². The fraction of sp³-hybridized carbons (Fsp3) is 0.211. The summed E-state index contributed by atoms with van der Waals surface area (Å²) in [5, 5.41) is 21.4. The minimum atomic E-state index is -0.382. The summed E-state index contributed by atoms with van der Waals surface area (Å²) in [4.78, 5) is 20.7. The maximum absolute atomic E-state index is 10.7. The summed E-state index contributed by atoms with van der Waals surface area (Å²) in [6.07, 6.45) is 8.20. The van der Waals surface area contributed by atoms with Crippen molar-refractivity contribution in [1.29, 1.82) is 0 Å². The highest BCUT2D eigenvalue weighted by Crippen LogP contribution is 2.40. The largest absolute Gasteiger partial charge is 1.00 e. The lowest BCUT2D eigenvalue weighted by Crippen LogP contribution is -3.00. The van der Waals surface area contributed by atoms with Crippen LogP contribution in [0.15, 0.2) is 109 Å². The first-order chi connectivity index (χ1) is 21.8. The molecule has 0 aliphatic carbocycles. The van der Waals surface area contributed by atoms with Crippen LogP contribution in [0.25, 0.3) is 12.2 Å². The highest BCUT2D eigenvalue weighted by atomic mass is 79.9. The summed E-state index contributed by atoms with van der Waals surface area (Å²) >= 11 is 0. The van der Waals surface area contributed by atoms with Gasteiger partial charge in [-0.15, -0.1) is 0 Å². The molecule has 0 atom stereocenters. The van der Waals surface area contributed by atoms with Crippen LogP contribution in [0.3, 0.4) is 0 Å². The van der Waals surface area contributed by atoms with Gasteiger partial charge in [0.15, 0.2) is 11.4 Å². The van der Waals surface area contributed by atoms with E-state index in [0.29, 0.717) is 0 Å². The second-order valence-electron chi connectivity index (χ2n) is 12.5. The molecule has 0 N–H and O–H groups in total. The molecule has 6 rings (SSSR count). The zero-order chi connectivity index (χ0) is 33.2. The fourth-order valence-corrected chi connectivity index (χ4v) is 6.37. The standard InChI is InChI=1S/2C19H19N2O2.2BrH/c2*1-19(2)16-6-4-5-7-17(16)20(3)18(19)13-10-14-8-11-15(12-9-14)21(22)23;;/h2*4-13H,1-3H3;2*1H/q2*+1;;/p-2. The molecule has 0 radical (unpaired) electrons. The third kappa shape index (κ3) is 7.45. The van der Waals surface area contributed by atoms with E-state index in [1.54, 1.807) is 24.3 Å². The van der Waals surface area contributed by atoms with E-state index in [2.05, 4.69) is 99.5 Å². The Bertz CT molecular complexity index is 1820. The van der Waals surface area contributed by atoms with Gasteiger partial charge in [-0.2, -0.15) is 9.15 Å². The number of rotatable bonds is 6. The smallest absolute Gasteiger partial charge is 0.269 e. The number of allylic oxidation sites excluding steroid dienone is 2. The van der Waals surface area contributed by atoms with Crippen molar-refractivity contribution in [2.24, 2.45) is 0 Å². The van der Waals surface area contributed by atoms with Gasteiger partial charge in [0.1, 0.15) is 14.1 Å². The number of halogens is 2. The molecule has 48 heavy (non-hydrogen) atoms. The van der Waals surface area contributed by atoms with Gasteiger partial charge in [0.05, 0.1) is 20.7 Å². The fourth-order valence-electron chi connectivity index (χ4n) is 6.37. The van der Waals surface area contributed by atoms with Gasteiger partial charge >= 0.3 is 0 Å². The summed E-state index contributed by atoms with van der Waals surface area (Å²) in [5.74, 6) is 0. The molecule has 2 aliphatic heterocycles. The van der Waals surface area contributed by atoms with Crippen molar-refractivity contribution in [3.63, 3.8) is 0 Å². The van der Waals surface area contributed by atoms with E-state index in [1.807, 2.05) is 24.3 Å². The van der Waals surface area contributed by atoms with Crippen LogP contribution in [0.5, 0.6) is 0 Å². The quantitative estimate of drug-likeness (QED) is 0.171. The van der Waals surface area contributed by atoms with Gasteiger partial charge in [-0.05, 0) is 75.2 Å². The predicted molar refractivity (Wildman–Crippen MR) is 185 cm³/mol. The van der Waals surface area contributed by atoms with E-state index in [4.69, 9.17) is 0 Å². The van der Waals surface area contributed by atoms with Crippen molar-refractivity contribution in [1.82, 2.24) is 0 Å². The molecular formula is C38H38Br2N4O4. The van der Waals surface area contributed by atoms with Gasteiger partial charge in [0, 0.05) is 59.7 Å². The number of benzene rings is 4. The van der Waals surface area contributed by atoms with Crippen LogP contribution < -0.4 is 34.0 Å². The molecule has 0 amide bonds. The Morgan fingerprint density at radius 3 is 1.12 bits per heavy atom. The molecule has 0 saturated heterocycles. The summed E-state index contributed by atoms with van der Waals surface area (Å²) in [7, 11) is 4.15. The van der Waals surface area contributed by atoms with Gasteiger partial charge in [0.2, 0.25) is 11.4 Å². The minimum absolute atomic E-state index is 0. The Morgan fingerprint density at radius 2 is 0.833 bits per heavy atom. The topological polar surface area (TPSA) is 92.3 Å². The van der Waals surface area contributed by atoms with Crippen molar-refractivity contribution >= 4 is 46.3 Å². The van der Waals surface area contributed by atoms with Gasteiger partial charge in [-0.1, -0.05) is 36.4 Å². The average Bonchev–Trinajstić information content (AvgIpc) is 3.36. The molecule has 0 spiro atoms. The van der Waals surface area contributed by atoms with E-state index < -0.39 is 0 Å². The third-order valence-corrected chi connectivity index (χ3v) is 8.96. The molecule has 248 valence electrons. The number of hydrogen-bond donors (Lipinski definition) is 0. The van der Waals surface area contributed by atoms with E-state index in [9.17, 15) is 20.2 Å². The van der Waals surface area contributed by atoms with Crippen LogP contribution in [0.4, 0.5) is 22.7 Å². The van der Waals surface area contributed by atoms with Gasteiger partial charge < -0.3 is 34.0 Å². The molecule has 0 unspecified atom stereocenters. The number of non-ortho nitro benzene ring substituents is 2. The van der Waals surface area contributed by atoms with E-state index in [1.165, 1.54) is 58.2 Å². The molecule has 8 nitrogen and oxygen atoms in total. The SMILES string of the molecule is C[N+]1=C(C=Cc2ccc([N+](=O)[O-])cc2)C(C)(C)c2ccccc21.C[N+]1=C(C=Cc2ccc([N+](=O)[O-])cc2)C(C)(C)c2ccccc21.[Br-].[Br-]. The van der Waals surface area contributed by atoms with Crippen LogP contribution >= 0.6 is 0 Å². The van der Waals surface area contributed by atoms with Crippen LogP contribution in [-0.4, -0.2) is 44.5 Å². The van der Waals surface area contributed by atoms with Crippen LogP contribution in [0.1, 0.15) is 49.9 Å². The summed E-state index contributed by atoms with van der Waals surface area (Å²) in [5.41, 5.74) is 9.46. The van der Waals surface area contributed by atoms with Crippen LogP contribution in [0.2, 0.25) is 0 Å². The zero-order valence-electron chi connectivity index (χ0n) is 27.7. The maximum Gasteiger partial charge on any atom is 0.269 e. The molecule has 2 heterocycles. The maximum atomic E-state index is 10.7. The molecule has 0 fully saturated rings. The van der Waals surface area contributed by atoms with Crippen molar-refractivity contribution in [2.45, 2.75) is 38.5 Å². The predicted octanol–water partition coefficient (Wildman–Crippen LogP) is 2.64. The van der Waals surface area contributed by atoms with Crippen molar-refractivity contribution in [3.05, 3.63) is 152 Å². The third-order valence-electron chi connectivity index (χ3n) is 8.96. The number of nitro groups is 2. The number of nitro benzene ring substituents is 2. The van der Waals surface area contributed by atoms with Crippen molar-refractivity contribution in [3.8, 4) is 0 Å². The number of para-hydroxylation sites is 2. The molecule has 2 aliphatic rings. The normalized spacial score (nSPS) is 15.3. The Morgan fingerprint density at radius 1 is 0.521 bits per heavy atom. The lowest BCUT2D eigenvalue weighted by Gasteiger charge is -2.15. The number of nitrogens with zero attached hydrogens (tertiary/aromatic N) is 4. The number of fused-ring (bicyclic) bond motifs is 2. The number of hydrogen-bond acceptors (Lipinski definition) is 4. The first-order valence-electron chi connectivity index (χ1n) is 15.1. The first kappa shape index (κ1) is 37.9.